The lowest BCUT2D eigenvalue weighted by atomic mass is 9.70. The van der Waals surface area contributed by atoms with E-state index in [4.69, 9.17) is 15.1 Å². The molecular formula is C27H30N6OS2. The highest BCUT2D eigenvalue weighted by Crippen LogP contribution is 2.45. The van der Waals surface area contributed by atoms with Crippen molar-refractivity contribution in [1.82, 2.24) is 29.1 Å². The summed E-state index contributed by atoms with van der Waals surface area (Å²) in [7, 11) is 0. The lowest BCUT2D eigenvalue weighted by Gasteiger charge is -2.36. The van der Waals surface area contributed by atoms with E-state index < -0.39 is 0 Å². The first kappa shape index (κ1) is 22.5. The van der Waals surface area contributed by atoms with Gasteiger partial charge in [0.05, 0.1) is 23.6 Å². The van der Waals surface area contributed by atoms with Crippen molar-refractivity contribution < 1.29 is 0 Å². The molecule has 1 atom stereocenters. The SMILES string of the molecule is CCC(C)(C)C1CCc2c(sc3ncn4nc(Cn5cnc6sc7c(c6c5=O)CCCC7)nc4c23)C1. The first-order valence-corrected chi connectivity index (χ1v) is 14.7. The minimum Gasteiger partial charge on any atom is -0.291 e. The molecule has 9 heteroatoms. The second kappa shape index (κ2) is 8.18. The van der Waals surface area contributed by atoms with Gasteiger partial charge >= 0.3 is 0 Å². The Morgan fingerprint density at radius 3 is 2.61 bits per heavy atom. The summed E-state index contributed by atoms with van der Waals surface area (Å²) < 4.78 is 3.46. The molecule has 1 unspecified atom stereocenters. The number of aromatic nitrogens is 6. The van der Waals surface area contributed by atoms with E-state index in [1.165, 1.54) is 40.1 Å². The fourth-order valence-electron chi connectivity index (χ4n) is 6.09. The molecule has 186 valence electrons. The van der Waals surface area contributed by atoms with Gasteiger partial charge < -0.3 is 0 Å². The topological polar surface area (TPSA) is 78.0 Å². The molecule has 5 aromatic rings. The third kappa shape index (κ3) is 3.39. The zero-order valence-electron chi connectivity index (χ0n) is 21.0. The zero-order chi connectivity index (χ0) is 24.6. The maximum Gasteiger partial charge on any atom is 0.262 e. The highest BCUT2D eigenvalue weighted by atomic mass is 32.1. The lowest BCUT2D eigenvalue weighted by molar-refractivity contribution is 0.184. The van der Waals surface area contributed by atoms with E-state index >= 15 is 0 Å². The lowest BCUT2D eigenvalue weighted by Crippen LogP contribution is -2.28. The van der Waals surface area contributed by atoms with Gasteiger partial charge in [-0.2, -0.15) is 0 Å². The van der Waals surface area contributed by atoms with Crippen LogP contribution < -0.4 is 5.56 Å². The first-order valence-electron chi connectivity index (χ1n) is 13.1. The van der Waals surface area contributed by atoms with Crippen LogP contribution in [0.25, 0.3) is 26.1 Å². The molecule has 0 radical (unpaired) electrons. The molecule has 5 aromatic heterocycles. The van der Waals surface area contributed by atoms with Crippen LogP contribution in [0.1, 0.15) is 73.2 Å². The van der Waals surface area contributed by atoms with Gasteiger partial charge in [0.2, 0.25) is 0 Å². The fourth-order valence-corrected chi connectivity index (χ4v) is 8.57. The standard InChI is InChI=1S/C27H30N6OS2/c1-4-27(2,3)15-9-10-17-19(11-15)36-24-21(17)23-30-20(31-33(23)14-29-24)12-32-13-28-25-22(26(32)34)16-7-5-6-8-18(16)35-25/h13-15H,4-12H2,1-3H3. The largest absolute Gasteiger partial charge is 0.291 e. The quantitative estimate of drug-likeness (QED) is 0.310. The summed E-state index contributed by atoms with van der Waals surface area (Å²) >= 11 is 3.50. The van der Waals surface area contributed by atoms with Crippen LogP contribution in [0, 0.1) is 11.3 Å². The van der Waals surface area contributed by atoms with E-state index in [1.54, 1.807) is 33.1 Å². The Morgan fingerprint density at radius 1 is 1.00 bits per heavy atom. The Hall–Kier alpha value is -2.65. The monoisotopic (exact) mass is 518 g/mol. The maximum atomic E-state index is 13.4. The summed E-state index contributed by atoms with van der Waals surface area (Å²) in [6, 6.07) is 0. The molecule has 0 N–H and O–H groups in total. The van der Waals surface area contributed by atoms with Crippen LogP contribution in [-0.4, -0.2) is 29.1 Å². The van der Waals surface area contributed by atoms with Gasteiger partial charge in [-0.05, 0) is 67.4 Å². The molecule has 0 spiro atoms. The summed E-state index contributed by atoms with van der Waals surface area (Å²) in [5.74, 6) is 1.32. The number of nitrogens with zero attached hydrogens (tertiary/aromatic N) is 6. The van der Waals surface area contributed by atoms with Crippen molar-refractivity contribution in [3.8, 4) is 0 Å². The average molecular weight is 519 g/mol. The molecule has 0 saturated heterocycles. The van der Waals surface area contributed by atoms with E-state index in [0.717, 1.165) is 58.2 Å². The molecule has 7 rings (SSSR count). The van der Waals surface area contributed by atoms with Gasteiger partial charge in [0.15, 0.2) is 11.5 Å². The van der Waals surface area contributed by atoms with Crippen LogP contribution in [0.15, 0.2) is 17.4 Å². The minimum atomic E-state index is 0.0269. The number of hydrogen-bond donors (Lipinski definition) is 0. The third-order valence-electron chi connectivity index (χ3n) is 8.70. The van der Waals surface area contributed by atoms with Crippen molar-refractivity contribution >= 4 is 48.8 Å². The summed E-state index contributed by atoms with van der Waals surface area (Å²) in [6.07, 6.45) is 12.4. The predicted octanol–water partition coefficient (Wildman–Crippen LogP) is 5.58. The van der Waals surface area contributed by atoms with E-state index in [9.17, 15) is 4.79 Å². The van der Waals surface area contributed by atoms with Crippen molar-refractivity contribution in [2.45, 2.75) is 78.7 Å². The number of fused-ring (bicyclic) bond motifs is 8. The first-order chi connectivity index (χ1) is 17.4. The molecule has 2 aliphatic carbocycles. The van der Waals surface area contributed by atoms with Gasteiger partial charge in [-0.1, -0.05) is 27.2 Å². The third-order valence-corrected chi connectivity index (χ3v) is 11.1. The van der Waals surface area contributed by atoms with Crippen LogP contribution >= 0.6 is 22.7 Å². The van der Waals surface area contributed by atoms with E-state index in [1.807, 2.05) is 11.3 Å². The van der Waals surface area contributed by atoms with Crippen molar-refractivity contribution in [1.29, 1.82) is 0 Å². The van der Waals surface area contributed by atoms with Crippen molar-refractivity contribution in [2.24, 2.45) is 11.3 Å². The maximum absolute atomic E-state index is 13.4. The molecule has 2 aliphatic rings. The van der Waals surface area contributed by atoms with Crippen molar-refractivity contribution in [3.63, 3.8) is 0 Å². The predicted molar refractivity (Wildman–Crippen MR) is 145 cm³/mol. The fraction of sp³-hybridized carbons (Fsp3) is 0.519. The Balaban J connectivity index is 1.27. The summed E-state index contributed by atoms with van der Waals surface area (Å²) in [5.41, 5.74) is 3.86. The van der Waals surface area contributed by atoms with Gasteiger partial charge in [0.25, 0.3) is 5.56 Å². The number of rotatable bonds is 4. The molecule has 0 aromatic carbocycles. The van der Waals surface area contributed by atoms with Gasteiger partial charge in [-0.25, -0.2) is 19.5 Å². The van der Waals surface area contributed by atoms with Crippen LogP contribution in [0.5, 0.6) is 0 Å². The second-order valence-electron chi connectivity index (χ2n) is 11.1. The molecule has 0 amide bonds. The average Bonchev–Trinajstić information content (AvgIpc) is 3.57. The second-order valence-corrected chi connectivity index (χ2v) is 13.2. The van der Waals surface area contributed by atoms with Crippen molar-refractivity contribution in [3.05, 3.63) is 49.7 Å². The molecule has 5 heterocycles. The van der Waals surface area contributed by atoms with Crippen LogP contribution in [0.2, 0.25) is 0 Å². The normalized spacial score (nSPS) is 18.2. The van der Waals surface area contributed by atoms with Gasteiger partial charge in [0.1, 0.15) is 16.0 Å². The summed E-state index contributed by atoms with van der Waals surface area (Å²) in [5, 5.41) is 6.67. The number of thiophene rings is 2. The van der Waals surface area contributed by atoms with Crippen molar-refractivity contribution in [2.75, 3.05) is 0 Å². The van der Waals surface area contributed by atoms with Crippen LogP contribution in [0.4, 0.5) is 0 Å². The molecule has 36 heavy (non-hydrogen) atoms. The number of hydrogen-bond acceptors (Lipinski definition) is 7. The van der Waals surface area contributed by atoms with E-state index in [2.05, 4.69) is 25.8 Å². The molecule has 0 fully saturated rings. The highest BCUT2D eigenvalue weighted by molar-refractivity contribution is 7.19. The number of aryl methyl sites for hydroxylation is 3. The molecule has 0 bridgehead atoms. The summed E-state index contributed by atoms with van der Waals surface area (Å²) in [4.78, 5) is 32.5. The molecular weight excluding hydrogens is 488 g/mol. The van der Waals surface area contributed by atoms with E-state index in [-0.39, 0.29) is 5.56 Å². The highest BCUT2D eigenvalue weighted by Gasteiger charge is 2.33. The molecule has 0 aliphatic heterocycles. The van der Waals surface area contributed by atoms with Crippen LogP contribution in [0.3, 0.4) is 0 Å². The van der Waals surface area contributed by atoms with Gasteiger partial charge in [-0.15, -0.1) is 27.8 Å². The Bertz CT molecular complexity index is 1700. The van der Waals surface area contributed by atoms with Gasteiger partial charge in [0, 0.05) is 9.75 Å². The van der Waals surface area contributed by atoms with Crippen LogP contribution in [-0.2, 0) is 32.2 Å². The summed E-state index contributed by atoms with van der Waals surface area (Å²) in [6.45, 7) is 7.41. The molecule has 7 nitrogen and oxygen atoms in total. The van der Waals surface area contributed by atoms with Gasteiger partial charge in [-0.3, -0.25) is 9.36 Å². The Kier molecular flexibility index (Phi) is 5.12. The Morgan fingerprint density at radius 2 is 1.75 bits per heavy atom. The smallest absolute Gasteiger partial charge is 0.262 e. The van der Waals surface area contributed by atoms with E-state index in [0.29, 0.717) is 23.7 Å². The molecule has 0 saturated carbocycles. The Labute approximate surface area is 217 Å². The zero-order valence-corrected chi connectivity index (χ0v) is 22.6. The minimum absolute atomic E-state index is 0.0269.